The first-order valence-electron chi connectivity index (χ1n) is 6.79. The normalized spacial score (nSPS) is 10.3. The van der Waals surface area contributed by atoms with Crippen LogP contribution in [-0.4, -0.2) is 29.0 Å². The molecule has 0 saturated heterocycles. The summed E-state index contributed by atoms with van der Waals surface area (Å²) < 4.78 is 9.89. The van der Waals surface area contributed by atoms with E-state index in [1.165, 1.54) is 31.4 Å². The van der Waals surface area contributed by atoms with Gasteiger partial charge in [0.05, 0.1) is 29.3 Å². The second-order valence-electron chi connectivity index (χ2n) is 4.67. The van der Waals surface area contributed by atoms with E-state index >= 15 is 0 Å². The largest absolute Gasteiger partial charge is 0.465 e. The van der Waals surface area contributed by atoms with Crippen LogP contribution in [0.25, 0.3) is 11.0 Å². The van der Waals surface area contributed by atoms with E-state index in [4.69, 9.17) is 4.74 Å². The van der Waals surface area contributed by atoms with Crippen molar-refractivity contribution in [2.24, 2.45) is 0 Å². The van der Waals surface area contributed by atoms with Crippen LogP contribution in [0.1, 0.15) is 20.7 Å². The first-order chi connectivity index (χ1) is 11.2. The van der Waals surface area contributed by atoms with E-state index in [1.54, 1.807) is 30.6 Å². The van der Waals surface area contributed by atoms with Crippen molar-refractivity contribution >= 4 is 23.0 Å². The van der Waals surface area contributed by atoms with E-state index in [-0.39, 0.29) is 0 Å². The van der Waals surface area contributed by atoms with Gasteiger partial charge in [-0.25, -0.2) is 9.59 Å². The molecule has 2 aromatic carbocycles. The van der Waals surface area contributed by atoms with Gasteiger partial charge in [0.15, 0.2) is 0 Å². The molecule has 0 bridgehead atoms. The van der Waals surface area contributed by atoms with E-state index in [1.807, 2.05) is 0 Å². The summed E-state index contributed by atoms with van der Waals surface area (Å²) in [4.78, 5) is 31.8. The highest BCUT2D eigenvalue weighted by molar-refractivity contribution is 5.95. The number of hydrogen-bond acceptors (Lipinski definition) is 6. The fraction of sp³-hybridized carbons (Fsp3) is 0.0588. The van der Waals surface area contributed by atoms with Gasteiger partial charge in [0.25, 0.3) is 0 Å². The number of rotatable bonds is 3. The van der Waals surface area contributed by atoms with Crippen LogP contribution in [0.4, 0.5) is 0 Å². The summed E-state index contributed by atoms with van der Waals surface area (Å²) in [6.07, 6.45) is 3.15. The standard InChI is InChI=1S/C17H12N2O4/c1-22-16(20)11-2-5-13(6-3-11)23-17(21)12-4-7-14-15(10-12)19-9-8-18-14/h2-10H,1H3. The Hall–Kier alpha value is -3.28. The molecule has 1 heterocycles. The van der Waals surface area contributed by atoms with Gasteiger partial charge in [-0.2, -0.15) is 0 Å². The molecule has 3 aromatic rings. The van der Waals surface area contributed by atoms with Gasteiger partial charge in [-0.3, -0.25) is 9.97 Å². The number of aromatic nitrogens is 2. The molecule has 0 spiro atoms. The third-order valence-corrected chi connectivity index (χ3v) is 3.19. The average Bonchev–Trinajstić information content (AvgIpc) is 2.61. The zero-order valence-electron chi connectivity index (χ0n) is 12.2. The highest BCUT2D eigenvalue weighted by Gasteiger charge is 2.11. The van der Waals surface area contributed by atoms with Crippen LogP contribution in [0, 0.1) is 0 Å². The second kappa shape index (κ2) is 6.23. The Bertz CT molecular complexity index is 875. The van der Waals surface area contributed by atoms with Crippen molar-refractivity contribution in [1.29, 1.82) is 0 Å². The fourth-order valence-electron chi connectivity index (χ4n) is 2.03. The lowest BCUT2D eigenvalue weighted by Crippen LogP contribution is -2.09. The van der Waals surface area contributed by atoms with Gasteiger partial charge in [-0.15, -0.1) is 0 Å². The molecular weight excluding hydrogens is 296 g/mol. The van der Waals surface area contributed by atoms with Gasteiger partial charge in [0.2, 0.25) is 0 Å². The Morgan fingerprint density at radius 2 is 1.48 bits per heavy atom. The predicted octanol–water partition coefficient (Wildman–Crippen LogP) is 2.64. The van der Waals surface area contributed by atoms with Gasteiger partial charge in [-0.1, -0.05) is 0 Å². The number of nitrogens with zero attached hydrogens (tertiary/aromatic N) is 2. The molecule has 0 unspecified atom stereocenters. The lowest BCUT2D eigenvalue weighted by molar-refractivity contribution is 0.0600. The molecule has 0 aliphatic heterocycles. The van der Waals surface area contributed by atoms with Crippen molar-refractivity contribution in [1.82, 2.24) is 9.97 Å². The molecule has 23 heavy (non-hydrogen) atoms. The monoisotopic (exact) mass is 308 g/mol. The fourth-order valence-corrected chi connectivity index (χ4v) is 2.03. The molecule has 0 N–H and O–H groups in total. The Kier molecular flexibility index (Phi) is 3.97. The predicted molar refractivity (Wildman–Crippen MR) is 82.3 cm³/mol. The average molecular weight is 308 g/mol. The third kappa shape index (κ3) is 3.16. The molecule has 0 aliphatic rings. The third-order valence-electron chi connectivity index (χ3n) is 3.19. The molecule has 0 radical (unpaired) electrons. The Morgan fingerprint density at radius 3 is 2.17 bits per heavy atom. The van der Waals surface area contributed by atoms with Crippen LogP contribution in [0.15, 0.2) is 54.9 Å². The van der Waals surface area contributed by atoms with Gasteiger partial charge in [0, 0.05) is 12.4 Å². The number of fused-ring (bicyclic) bond motifs is 1. The van der Waals surface area contributed by atoms with Gasteiger partial charge in [-0.05, 0) is 42.5 Å². The number of carbonyl (C=O) groups excluding carboxylic acids is 2. The molecule has 114 valence electrons. The Morgan fingerprint density at radius 1 is 0.826 bits per heavy atom. The van der Waals surface area contributed by atoms with Gasteiger partial charge >= 0.3 is 11.9 Å². The summed E-state index contributed by atoms with van der Waals surface area (Å²) in [6, 6.07) is 11.1. The number of benzene rings is 2. The van der Waals surface area contributed by atoms with Crippen LogP contribution in [0.2, 0.25) is 0 Å². The van der Waals surface area contributed by atoms with Crippen LogP contribution in [-0.2, 0) is 4.74 Å². The minimum atomic E-state index is -0.511. The lowest BCUT2D eigenvalue weighted by Gasteiger charge is -2.06. The van der Waals surface area contributed by atoms with Gasteiger partial charge < -0.3 is 9.47 Å². The second-order valence-corrected chi connectivity index (χ2v) is 4.67. The molecule has 6 nitrogen and oxygen atoms in total. The van der Waals surface area contributed by atoms with Crippen molar-refractivity contribution < 1.29 is 19.1 Å². The summed E-state index contributed by atoms with van der Waals surface area (Å²) in [5.41, 5.74) is 2.07. The molecule has 6 heteroatoms. The zero-order valence-corrected chi connectivity index (χ0v) is 12.2. The summed E-state index contributed by atoms with van der Waals surface area (Å²) in [7, 11) is 1.30. The van der Waals surface area contributed by atoms with Crippen molar-refractivity contribution in [3.8, 4) is 5.75 Å². The minimum absolute atomic E-state index is 0.335. The number of esters is 2. The highest BCUT2D eigenvalue weighted by Crippen LogP contribution is 2.16. The number of hydrogen-bond donors (Lipinski definition) is 0. The number of ether oxygens (including phenoxy) is 2. The first kappa shape index (κ1) is 14.6. The number of methoxy groups -OCH3 is 1. The smallest absolute Gasteiger partial charge is 0.343 e. The summed E-state index contributed by atoms with van der Waals surface area (Å²) in [5.74, 6) is -0.624. The lowest BCUT2D eigenvalue weighted by atomic mass is 10.2. The highest BCUT2D eigenvalue weighted by atomic mass is 16.5. The Labute approximate surface area is 131 Å². The maximum atomic E-state index is 12.2. The zero-order chi connectivity index (χ0) is 16.2. The summed E-state index contributed by atoms with van der Waals surface area (Å²) >= 11 is 0. The quantitative estimate of drug-likeness (QED) is 0.547. The van der Waals surface area contributed by atoms with Crippen LogP contribution >= 0.6 is 0 Å². The molecule has 0 fully saturated rings. The van der Waals surface area contributed by atoms with E-state index in [9.17, 15) is 9.59 Å². The maximum absolute atomic E-state index is 12.2. The van der Waals surface area contributed by atoms with Crippen LogP contribution in [0.3, 0.4) is 0 Å². The summed E-state index contributed by atoms with van der Waals surface area (Å²) in [6.45, 7) is 0. The summed E-state index contributed by atoms with van der Waals surface area (Å²) in [5, 5.41) is 0. The van der Waals surface area contributed by atoms with E-state index in [2.05, 4.69) is 14.7 Å². The van der Waals surface area contributed by atoms with Gasteiger partial charge in [0.1, 0.15) is 5.75 Å². The number of carbonyl (C=O) groups is 2. The van der Waals surface area contributed by atoms with E-state index in [0.29, 0.717) is 27.9 Å². The molecule has 0 saturated carbocycles. The first-order valence-corrected chi connectivity index (χ1v) is 6.79. The molecule has 0 aliphatic carbocycles. The van der Waals surface area contributed by atoms with E-state index < -0.39 is 11.9 Å². The molecular formula is C17H12N2O4. The van der Waals surface area contributed by atoms with Crippen molar-refractivity contribution in [2.75, 3.05) is 7.11 Å². The SMILES string of the molecule is COC(=O)c1ccc(OC(=O)c2ccc3nccnc3c2)cc1. The molecule has 3 rings (SSSR count). The molecule has 0 atom stereocenters. The van der Waals surface area contributed by atoms with Crippen molar-refractivity contribution in [3.05, 3.63) is 66.0 Å². The van der Waals surface area contributed by atoms with Crippen molar-refractivity contribution in [2.45, 2.75) is 0 Å². The van der Waals surface area contributed by atoms with Crippen LogP contribution in [0.5, 0.6) is 5.75 Å². The Balaban J connectivity index is 1.78. The van der Waals surface area contributed by atoms with Crippen LogP contribution < -0.4 is 4.74 Å². The molecule has 1 aromatic heterocycles. The van der Waals surface area contributed by atoms with E-state index in [0.717, 1.165) is 0 Å². The topological polar surface area (TPSA) is 78.4 Å². The minimum Gasteiger partial charge on any atom is -0.465 e. The maximum Gasteiger partial charge on any atom is 0.343 e. The van der Waals surface area contributed by atoms with Crippen molar-refractivity contribution in [3.63, 3.8) is 0 Å². The molecule has 0 amide bonds.